The Morgan fingerprint density at radius 1 is 1.26 bits per heavy atom. The van der Waals surface area contributed by atoms with E-state index in [-0.39, 0.29) is 5.69 Å². The second-order valence-corrected chi connectivity index (χ2v) is 3.59. The van der Waals surface area contributed by atoms with Crippen LogP contribution in [0.5, 0.6) is 0 Å². The van der Waals surface area contributed by atoms with Gasteiger partial charge in [-0.1, -0.05) is 35.5 Å². The number of esters is 1. The maximum atomic E-state index is 12.7. The number of carbonyl (C=O) groups excluding carboxylic acids is 1. The fourth-order valence-corrected chi connectivity index (χ4v) is 1.57. The second kappa shape index (κ2) is 4.75. The standard InChI is InChI=1S/C12H8F3NO3/c1-18-11(17)8-9(7-5-3-2-4-6-7)16-19-10(8)12(13,14)15/h2-6H,1H3. The van der Waals surface area contributed by atoms with Gasteiger partial charge in [-0.3, -0.25) is 0 Å². The Kier molecular flexibility index (Phi) is 3.28. The van der Waals surface area contributed by atoms with Gasteiger partial charge in [0.25, 0.3) is 5.76 Å². The molecule has 0 aliphatic heterocycles. The minimum atomic E-state index is -4.82. The summed E-state index contributed by atoms with van der Waals surface area (Å²) in [7, 11) is 0.990. The molecule has 1 heterocycles. The molecule has 2 aromatic rings. The first-order valence-electron chi connectivity index (χ1n) is 5.15. The van der Waals surface area contributed by atoms with Crippen molar-refractivity contribution in [1.29, 1.82) is 0 Å². The average Bonchev–Trinajstić information content (AvgIpc) is 2.83. The zero-order valence-electron chi connectivity index (χ0n) is 9.69. The van der Waals surface area contributed by atoms with Crippen LogP contribution in [0.1, 0.15) is 16.1 Å². The molecule has 4 nitrogen and oxygen atoms in total. The molecule has 0 radical (unpaired) electrons. The largest absolute Gasteiger partial charge is 0.465 e. The molecule has 0 saturated heterocycles. The van der Waals surface area contributed by atoms with Gasteiger partial charge in [0.15, 0.2) is 0 Å². The van der Waals surface area contributed by atoms with Crippen LogP contribution in [-0.4, -0.2) is 18.2 Å². The molecule has 0 spiro atoms. The van der Waals surface area contributed by atoms with E-state index in [1.54, 1.807) is 18.2 Å². The van der Waals surface area contributed by atoms with E-state index in [0.29, 0.717) is 5.56 Å². The predicted molar refractivity (Wildman–Crippen MR) is 58.3 cm³/mol. The zero-order chi connectivity index (χ0) is 14.0. The lowest BCUT2D eigenvalue weighted by molar-refractivity contribution is -0.156. The van der Waals surface area contributed by atoms with E-state index >= 15 is 0 Å². The molecule has 7 heteroatoms. The summed E-state index contributed by atoms with van der Waals surface area (Å²) in [6, 6.07) is 7.94. The van der Waals surface area contributed by atoms with E-state index in [2.05, 4.69) is 14.4 Å². The number of nitrogens with zero attached hydrogens (tertiary/aromatic N) is 1. The van der Waals surface area contributed by atoms with Crippen LogP contribution in [0, 0.1) is 0 Å². The van der Waals surface area contributed by atoms with Crippen molar-refractivity contribution in [2.24, 2.45) is 0 Å². The summed E-state index contributed by atoms with van der Waals surface area (Å²) in [6.45, 7) is 0. The number of hydrogen-bond donors (Lipinski definition) is 0. The van der Waals surface area contributed by atoms with Crippen molar-refractivity contribution in [2.75, 3.05) is 7.11 Å². The van der Waals surface area contributed by atoms with Crippen molar-refractivity contribution in [3.05, 3.63) is 41.7 Å². The number of benzene rings is 1. The number of halogens is 3. The van der Waals surface area contributed by atoms with Crippen molar-refractivity contribution >= 4 is 5.97 Å². The maximum absolute atomic E-state index is 12.7. The molecule has 19 heavy (non-hydrogen) atoms. The molecular weight excluding hydrogens is 263 g/mol. The summed E-state index contributed by atoms with van der Waals surface area (Å²) in [5.41, 5.74) is -0.580. The molecule has 0 N–H and O–H groups in total. The lowest BCUT2D eigenvalue weighted by Crippen LogP contribution is -2.12. The molecule has 0 amide bonds. The van der Waals surface area contributed by atoms with Crippen molar-refractivity contribution < 1.29 is 27.2 Å². The Morgan fingerprint density at radius 3 is 2.42 bits per heavy atom. The monoisotopic (exact) mass is 271 g/mol. The molecule has 0 aliphatic carbocycles. The van der Waals surface area contributed by atoms with Gasteiger partial charge in [0.05, 0.1) is 7.11 Å². The Morgan fingerprint density at radius 2 is 1.89 bits per heavy atom. The Labute approximate surface area is 105 Å². The first-order chi connectivity index (χ1) is 8.95. The normalized spacial score (nSPS) is 11.4. The summed E-state index contributed by atoms with van der Waals surface area (Å²) >= 11 is 0. The molecule has 0 aliphatic rings. The summed E-state index contributed by atoms with van der Waals surface area (Å²) in [6.07, 6.45) is -4.82. The molecule has 0 saturated carbocycles. The summed E-state index contributed by atoms with van der Waals surface area (Å²) in [5.74, 6) is -2.61. The molecular formula is C12H8F3NO3. The Hall–Kier alpha value is -2.31. The molecule has 0 bridgehead atoms. The van der Waals surface area contributed by atoms with Crippen molar-refractivity contribution in [3.63, 3.8) is 0 Å². The van der Waals surface area contributed by atoms with E-state index < -0.39 is 23.5 Å². The highest BCUT2D eigenvalue weighted by Crippen LogP contribution is 2.36. The summed E-state index contributed by atoms with van der Waals surface area (Å²) in [5, 5.41) is 3.33. The Bertz CT molecular complexity index is 590. The fraction of sp³-hybridized carbons (Fsp3) is 0.167. The van der Waals surface area contributed by atoms with Gasteiger partial charge in [0.2, 0.25) is 0 Å². The summed E-state index contributed by atoms with van der Waals surface area (Å²) < 4.78 is 46.8. The quantitative estimate of drug-likeness (QED) is 0.787. The predicted octanol–water partition coefficient (Wildman–Crippen LogP) is 3.15. The average molecular weight is 271 g/mol. The van der Waals surface area contributed by atoms with E-state index in [4.69, 9.17) is 0 Å². The van der Waals surface area contributed by atoms with Crippen molar-refractivity contribution in [1.82, 2.24) is 5.16 Å². The van der Waals surface area contributed by atoms with Gasteiger partial charge in [0, 0.05) is 5.56 Å². The number of hydrogen-bond acceptors (Lipinski definition) is 4. The van der Waals surface area contributed by atoms with Crippen molar-refractivity contribution in [3.8, 4) is 11.3 Å². The van der Waals surface area contributed by atoms with Gasteiger partial charge >= 0.3 is 12.1 Å². The molecule has 100 valence electrons. The van der Waals surface area contributed by atoms with Gasteiger partial charge in [-0.15, -0.1) is 0 Å². The van der Waals surface area contributed by atoms with Crippen LogP contribution in [0.25, 0.3) is 11.3 Å². The minimum absolute atomic E-state index is 0.195. The van der Waals surface area contributed by atoms with Gasteiger partial charge < -0.3 is 9.26 Å². The van der Waals surface area contributed by atoms with Crippen LogP contribution in [0.2, 0.25) is 0 Å². The highest BCUT2D eigenvalue weighted by Gasteiger charge is 2.43. The van der Waals surface area contributed by atoms with Gasteiger partial charge in [-0.05, 0) is 0 Å². The molecule has 1 aromatic heterocycles. The number of rotatable bonds is 2. The second-order valence-electron chi connectivity index (χ2n) is 3.59. The fourth-order valence-electron chi connectivity index (χ4n) is 1.57. The third kappa shape index (κ3) is 2.44. The summed E-state index contributed by atoms with van der Waals surface area (Å²) in [4.78, 5) is 11.5. The molecule has 2 rings (SSSR count). The smallest absolute Gasteiger partial charge is 0.453 e. The minimum Gasteiger partial charge on any atom is -0.465 e. The van der Waals surface area contributed by atoms with Crippen LogP contribution in [0.15, 0.2) is 34.9 Å². The Balaban J connectivity index is 2.64. The molecule has 1 aromatic carbocycles. The van der Waals surface area contributed by atoms with Crippen LogP contribution >= 0.6 is 0 Å². The SMILES string of the molecule is COC(=O)c1c(-c2ccccc2)noc1C(F)(F)F. The number of carbonyl (C=O) groups is 1. The molecule has 0 fully saturated rings. The van der Waals surface area contributed by atoms with Gasteiger partial charge in [0.1, 0.15) is 11.3 Å². The van der Waals surface area contributed by atoms with E-state index in [0.717, 1.165) is 7.11 Å². The first kappa shape index (κ1) is 13.1. The third-order valence-corrected chi connectivity index (χ3v) is 2.39. The lowest BCUT2D eigenvalue weighted by atomic mass is 10.1. The van der Waals surface area contributed by atoms with Crippen LogP contribution in [-0.2, 0) is 10.9 Å². The highest BCUT2D eigenvalue weighted by atomic mass is 19.4. The van der Waals surface area contributed by atoms with E-state index in [9.17, 15) is 18.0 Å². The number of ether oxygens (including phenoxy) is 1. The van der Waals surface area contributed by atoms with Crippen LogP contribution in [0.4, 0.5) is 13.2 Å². The van der Waals surface area contributed by atoms with E-state index in [1.807, 2.05) is 0 Å². The van der Waals surface area contributed by atoms with Gasteiger partial charge in [-0.25, -0.2) is 4.79 Å². The van der Waals surface area contributed by atoms with Gasteiger partial charge in [-0.2, -0.15) is 13.2 Å². The zero-order valence-corrected chi connectivity index (χ0v) is 9.69. The topological polar surface area (TPSA) is 52.3 Å². The lowest BCUT2D eigenvalue weighted by Gasteiger charge is -2.04. The number of methoxy groups -OCH3 is 1. The van der Waals surface area contributed by atoms with Crippen LogP contribution < -0.4 is 0 Å². The first-order valence-corrected chi connectivity index (χ1v) is 5.15. The number of aromatic nitrogens is 1. The third-order valence-electron chi connectivity index (χ3n) is 2.39. The molecule has 0 atom stereocenters. The van der Waals surface area contributed by atoms with E-state index in [1.165, 1.54) is 12.1 Å². The molecule has 0 unspecified atom stereocenters. The van der Waals surface area contributed by atoms with Crippen LogP contribution in [0.3, 0.4) is 0 Å². The maximum Gasteiger partial charge on any atom is 0.453 e. The van der Waals surface area contributed by atoms with Crippen molar-refractivity contribution in [2.45, 2.75) is 6.18 Å². The number of alkyl halides is 3. The highest BCUT2D eigenvalue weighted by molar-refractivity contribution is 5.97.